The number of rotatable bonds is 6. The minimum atomic E-state index is -0.846. The second kappa shape index (κ2) is 9.75. The first-order chi connectivity index (χ1) is 11.1. The molecule has 0 radical (unpaired) electrons. The zero-order valence-electron chi connectivity index (χ0n) is 12.4. The molecular weight excluding hydrogens is 304 g/mol. The molecule has 1 aromatic rings. The van der Waals surface area contributed by atoms with Crippen LogP contribution in [0.25, 0.3) is 0 Å². The van der Waals surface area contributed by atoms with Gasteiger partial charge >= 0.3 is 6.09 Å². The fraction of sp³-hybridized carbons (Fsp3) is 0.286. The molecule has 23 heavy (non-hydrogen) atoms. The molecule has 3 amide bonds. The summed E-state index contributed by atoms with van der Waals surface area (Å²) in [5, 5.41) is 10.9. The molecule has 9 nitrogen and oxygen atoms in total. The Hall–Kier alpha value is -3.12. The van der Waals surface area contributed by atoms with Crippen LogP contribution in [0.1, 0.15) is 16.8 Å². The largest absolute Gasteiger partial charge is 0.446 e. The Kier molecular flexibility index (Phi) is 7.60. The van der Waals surface area contributed by atoms with Crippen LogP contribution in [0.5, 0.6) is 0 Å². The Labute approximate surface area is 132 Å². The third kappa shape index (κ3) is 6.45. The first-order valence-electron chi connectivity index (χ1n) is 6.56. The summed E-state index contributed by atoms with van der Waals surface area (Å²) in [5.74, 6) is -1.19. The number of nitriles is 1. The lowest BCUT2D eigenvalue weighted by atomic mass is 10.1. The van der Waals surface area contributed by atoms with E-state index in [0.29, 0.717) is 0 Å². The molecule has 0 aromatic heterocycles. The summed E-state index contributed by atoms with van der Waals surface area (Å²) < 4.78 is 9.40. The molecule has 1 aromatic carbocycles. The molecule has 0 unspecified atom stereocenters. The van der Waals surface area contributed by atoms with E-state index in [1.165, 1.54) is 19.2 Å². The van der Waals surface area contributed by atoms with Crippen molar-refractivity contribution in [3.8, 4) is 6.07 Å². The van der Waals surface area contributed by atoms with E-state index in [1.54, 1.807) is 18.2 Å². The number of carbonyl (C=O) groups excluding carboxylic acids is 3. The number of methoxy groups -OCH3 is 1. The van der Waals surface area contributed by atoms with Crippen molar-refractivity contribution in [2.45, 2.75) is 6.42 Å². The van der Waals surface area contributed by atoms with Gasteiger partial charge in [0.2, 0.25) is 5.91 Å². The molecule has 0 fully saturated rings. The first-order valence-corrected chi connectivity index (χ1v) is 6.56. The Morgan fingerprint density at radius 2 is 1.91 bits per heavy atom. The lowest BCUT2D eigenvalue weighted by molar-refractivity contribution is -0.115. The van der Waals surface area contributed by atoms with Gasteiger partial charge in [-0.2, -0.15) is 5.26 Å². The smallest absolute Gasteiger partial charge is 0.426 e. The molecule has 3 N–H and O–H groups in total. The van der Waals surface area contributed by atoms with Gasteiger partial charge in [0.15, 0.2) is 0 Å². The maximum absolute atomic E-state index is 12.0. The van der Waals surface area contributed by atoms with E-state index in [0.717, 1.165) is 0 Å². The molecule has 0 bridgehead atoms. The van der Waals surface area contributed by atoms with Crippen molar-refractivity contribution in [2.75, 3.05) is 25.6 Å². The number of hydrogen-bond acceptors (Lipinski definition) is 6. The topological polar surface area (TPSA) is 130 Å². The Bertz CT molecular complexity index is 611. The zero-order chi connectivity index (χ0) is 17.1. The maximum atomic E-state index is 12.0. The third-order valence-electron chi connectivity index (χ3n) is 2.48. The van der Waals surface area contributed by atoms with E-state index in [9.17, 15) is 14.4 Å². The maximum Gasteiger partial charge on any atom is 0.426 e. The van der Waals surface area contributed by atoms with Gasteiger partial charge in [-0.1, -0.05) is 12.1 Å². The number of carbonyl (C=O) groups is 3. The predicted molar refractivity (Wildman–Crippen MR) is 79.1 cm³/mol. The molecule has 9 heteroatoms. The van der Waals surface area contributed by atoms with Crippen LogP contribution < -0.4 is 16.2 Å². The van der Waals surface area contributed by atoms with Gasteiger partial charge in [0.1, 0.15) is 13.0 Å². The summed E-state index contributed by atoms with van der Waals surface area (Å²) in [6, 6.07) is 7.86. The normalized spacial score (nSPS) is 9.39. The highest BCUT2D eigenvalue weighted by Gasteiger charge is 2.13. The lowest BCUT2D eigenvalue weighted by Gasteiger charge is -2.11. The van der Waals surface area contributed by atoms with Gasteiger partial charge in [0.25, 0.3) is 5.91 Å². The number of hydrogen-bond donors (Lipinski definition) is 3. The number of nitrogens with zero attached hydrogens (tertiary/aromatic N) is 1. The zero-order valence-corrected chi connectivity index (χ0v) is 12.4. The Morgan fingerprint density at radius 1 is 1.17 bits per heavy atom. The quantitative estimate of drug-likeness (QED) is 0.518. The van der Waals surface area contributed by atoms with Crippen LogP contribution in [-0.4, -0.2) is 38.2 Å². The average Bonchev–Trinajstić information content (AvgIpc) is 2.53. The number of para-hydroxylation sites is 1. The number of anilines is 1. The Morgan fingerprint density at radius 3 is 2.61 bits per heavy atom. The van der Waals surface area contributed by atoms with Crippen LogP contribution in [0.2, 0.25) is 0 Å². The van der Waals surface area contributed by atoms with E-state index >= 15 is 0 Å². The molecule has 0 spiro atoms. The molecule has 0 aliphatic rings. The molecule has 0 saturated heterocycles. The predicted octanol–water partition coefficient (Wildman–Crippen LogP) is 0.556. The van der Waals surface area contributed by atoms with Gasteiger partial charge in [0.05, 0.1) is 23.9 Å². The second-order valence-electron chi connectivity index (χ2n) is 4.14. The molecule has 0 aliphatic heterocycles. The van der Waals surface area contributed by atoms with Crippen molar-refractivity contribution < 1.29 is 23.9 Å². The van der Waals surface area contributed by atoms with Crippen LogP contribution in [-0.2, 0) is 14.3 Å². The molecule has 1 rings (SSSR count). The number of amides is 3. The summed E-state index contributed by atoms with van der Waals surface area (Å²) >= 11 is 0. The van der Waals surface area contributed by atoms with Crippen LogP contribution >= 0.6 is 0 Å². The van der Waals surface area contributed by atoms with Crippen molar-refractivity contribution in [3.63, 3.8) is 0 Å². The van der Waals surface area contributed by atoms with Crippen LogP contribution in [0.3, 0.4) is 0 Å². The summed E-state index contributed by atoms with van der Waals surface area (Å²) in [4.78, 5) is 34.7. The summed E-state index contributed by atoms with van der Waals surface area (Å²) in [6.07, 6.45) is -1.18. The van der Waals surface area contributed by atoms with Gasteiger partial charge in [-0.3, -0.25) is 15.0 Å². The number of nitrogens with one attached hydrogen (secondary N) is 3. The van der Waals surface area contributed by atoms with E-state index in [4.69, 9.17) is 14.7 Å². The molecular formula is C14H16N4O5. The summed E-state index contributed by atoms with van der Waals surface area (Å²) in [7, 11) is 1.46. The van der Waals surface area contributed by atoms with E-state index < -0.39 is 17.9 Å². The second-order valence-corrected chi connectivity index (χ2v) is 4.14. The van der Waals surface area contributed by atoms with Crippen LogP contribution in [0, 0.1) is 11.3 Å². The SMILES string of the molecule is COCCOC(=O)NNC(=O)c1ccccc1NC(=O)CC#N. The molecule has 122 valence electrons. The number of ether oxygens (including phenoxy) is 2. The molecule has 0 heterocycles. The highest BCUT2D eigenvalue weighted by Crippen LogP contribution is 2.14. The van der Waals surface area contributed by atoms with Gasteiger partial charge < -0.3 is 14.8 Å². The first kappa shape index (κ1) is 17.9. The van der Waals surface area contributed by atoms with Crippen molar-refractivity contribution in [1.82, 2.24) is 10.9 Å². The minimum Gasteiger partial charge on any atom is -0.446 e. The van der Waals surface area contributed by atoms with Crippen LogP contribution in [0.4, 0.5) is 10.5 Å². The van der Waals surface area contributed by atoms with E-state index in [1.807, 2.05) is 0 Å². The van der Waals surface area contributed by atoms with E-state index in [-0.39, 0.29) is 30.9 Å². The monoisotopic (exact) mass is 320 g/mol. The average molecular weight is 320 g/mol. The Balaban J connectivity index is 2.61. The lowest BCUT2D eigenvalue weighted by Crippen LogP contribution is -2.42. The fourth-order valence-corrected chi connectivity index (χ4v) is 1.49. The molecule has 0 atom stereocenters. The van der Waals surface area contributed by atoms with Crippen molar-refractivity contribution in [3.05, 3.63) is 29.8 Å². The van der Waals surface area contributed by atoms with Gasteiger partial charge in [-0.05, 0) is 12.1 Å². The molecule has 0 aliphatic carbocycles. The number of hydrazine groups is 1. The van der Waals surface area contributed by atoms with Gasteiger partial charge in [-0.15, -0.1) is 0 Å². The standard InChI is InChI=1S/C14H16N4O5/c1-22-8-9-23-14(21)18-17-13(20)10-4-2-3-5-11(10)16-12(19)6-7-15/h2-5H,6,8-9H2,1H3,(H,16,19)(H,17,20)(H,18,21). The van der Waals surface area contributed by atoms with E-state index in [2.05, 4.69) is 16.2 Å². The fourth-order valence-electron chi connectivity index (χ4n) is 1.49. The highest BCUT2D eigenvalue weighted by molar-refractivity contribution is 6.04. The molecule has 0 saturated carbocycles. The van der Waals surface area contributed by atoms with Crippen molar-refractivity contribution in [2.24, 2.45) is 0 Å². The highest BCUT2D eigenvalue weighted by atomic mass is 16.6. The van der Waals surface area contributed by atoms with Crippen molar-refractivity contribution in [1.29, 1.82) is 5.26 Å². The van der Waals surface area contributed by atoms with Crippen LogP contribution in [0.15, 0.2) is 24.3 Å². The van der Waals surface area contributed by atoms with Crippen molar-refractivity contribution >= 4 is 23.6 Å². The third-order valence-corrected chi connectivity index (χ3v) is 2.48. The summed E-state index contributed by atoms with van der Waals surface area (Å²) in [5.41, 5.74) is 4.56. The van der Waals surface area contributed by atoms with Gasteiger partial charge in [0, 0.05) is 7.11 Å². The van der Waals surface area contributed by atoms with Gasteiger partial charge in [-0.25, -0.2) is 10.2 Å². The minimum absolute atomic E-state index is 0.0407. The number of benzene rings is 1. The summed E-state index contributed by atoms with van der Waals surface area (Å²) in [6.45, 7) is 0.272.